The standard InChI is InChI=1S/C17H20N4O3/c1-23-14-6-4-13(5-7-14)11-18-17(22)21-10-8-15(12-21)24-16-3-2-9-19-20-16/h2-7,9,15H,8,10-12H2,1H3,(H,18,22). The Morgan fingerprint density at radius 3 is 2.88 bits per heavy atom. The van der Waals surface area contributed by atoms with E-state index in [1.165, 1.54) is 0 Å². The molecule has 7 heteroatoms. The fourth-order valence-electron chi connectivity index (χ4n) is 2.56. The number of hydrogen-bond donors (Lipinski definition) is 1. The number of methoxy groups -OCH3 is 1. The zero-order valence-corrected chi connectivity index (χ0v) is 13.5. The lowest BCUT2D eigenvalue weighted by molar-refractivity contribution is 0.182. The zero-order valence-electron chi connectivity index (χ0n) is 13.5. The third kappa shape index (κ3) is 4.13. The highest BCUT2D eigenvalue weighted by Crippen LogP contribution is 2.16. The van der Waals surface area contributed by atoms with Crippen molar-refractivity contribution in [3.05, 3.63) is 48.2 Å². The lowest BCUT2D eigenvalue weighted by Crippen LogP contribution is -2.39. The predicted molar refractivity (Wildman–Crippen MR) is 87.9 cm³/mol. The molecule has 3 rings (SSSR count). The Morgan fingerprint density at radius 2 is 2.17 bits per heavy atom. The number of carbonyl (C=O) groups excluding carboxylic acids is 1. The maximum absolute atomic E-state index is 12.2. The highest BCUT2D eigenvalue weighted by atomic mass is 16.5. The van der Waals surface area contributed by atoms with Gasteiger partial charge in [-0.15, -0.1) is 5.10 Å². The minimum atomic E-state index is -0.0870. The van der Waals surface area contributed by atoms with Crippen molar-refractivity contribution in [3.8, 4) is 11.6 Å². The molecule has 2 heterocycles. The second-order valence-electron chi connectivity index (χ2n) is 5.54. The van der Waals surface area contributed by atoms with Crippen molar-refractivity contribution in [3.63, 3.8) is 0 Å². The van der Waals surface area contributed by atoms with Gasteiger partial charge < -0.3 is 19.7 Å². The third-order valence-electron chi connectivity index (χ3n) is 3.87. The average molecular weight is 328 g/mol. The van der Waals surface area contributed by atoms with Crippen molar-refractivity contribution in [2.24, 2.45) is 0 Å². The van der Waals surface area contributed by atoms with Crippen LogP contribution in [-0.4, -0.2) is 47.4 Å². The van der Waals surface area contributed by atoms with E-state index < -0.39 is 0 Å². The molecule has 1 fully saturated rings. The van der Waals surface area contributed by atoms with Crippen molar-refractivity contribution in [1.29, 1.82) is 0 Å². The van der Waals surface area contributed by atoms with Gasteiger partial charge in [0.05, 0.1) is 13.7 Å². The van der Waals surface area contributed by atoms with Gasteiger partial charge in [-0.2, -0.15) is 5.10 Å². The SMILES string of the molecule is COc1ccc(CNC(=O)N2CCC(Oc3cccnn3)C2)cc1. The van der Waals surface area contributed by atoms with E-state index in [1.807, 2.05) is 24.3 Å². The van der Waals surface area contributed by atoms with Gasteiger partial charge in [0.2, 0.25) is 5.88 Å². The molecule has 1 N–H and O–H groups in total. The molecular weight excluding hydrogens is 308 g/mol. The number of nitrogens with zero attached hydrogens (tertiary/aromatic N) is 3. The number of carbonyl (C=O) groups is 1. The van der Waals surface area contributed by atoms with Crippen molar-refractivity contribution in [1.82, 2.24) is 20.4 Å². The number of urea groups is 1. The number of amides is 2. The molecular formula is C17H20N4O3. The van der Waals surface area contributed by atoms with E-state index in [0.717, 1.165) is 17.7 Å². The first-order chi connectivity index (χ1) is 11.7. The van der Waals surface area contributed by atoms with Gasteiger partial charge in [-0.1, -0.05) is 12.1 Å². The molecule has 126 valence electrons. The van der Waals surface area contributed by atoms with Crippen LogP contribution in [-0.2, 0) is 6.54 Å². The van der Waals surface area contributed by atoms with Gasteiger partial charge in [0.25, 0.3) is 0 Å². The smallest absolute Gasteiger partial charge is 0.317 e. The Morgan fingerprint density at radius 1 is 1.33 bits per heavy atom. The molecule has 0 radical (unpaired) electrons. The van der Waals surface area contributed by atoms with Crippen LogP contribution in [0.15, 0.2) is 42.6 Å². The molecule has 1 atom stereocenters. The number of hydrogen-bond acceptors (Lipinski definition) is 5. The monoisotopic (exact) mass is 328 g/mol. The number of ether oxygens (including phenoxy) is 2. The molecule has 1 aromatic heterocycles. The van der Waals surface area contributed by atoms with Crippen molar-refractivity contribution in [2.45, 2.75) is 19.1 Å². The Kier molecular flexibility index (Phi) is 5.10. The van der Waals surface area contributed by atoms with Crippen LogP contribution in [0.5, 0.6) is 11.6 Å². The summed E-state index contributed by atoms with van der Waals surface area (Å²) in [6, 6.07) is 11.1. The van der Waals surface area contributed by atoms with Crippen LogP contribution in [0.2, 0.25) is 0 Å². The van der Waals surface area contributed by atoms with E-state index in [9.17, 15) is 4.79 Å². The third-order valence-corrected chi connectivity index (χ3v) is 3.87. The molecule has 1 aromatic carbocycles. The maximum Gasteiger partial charge on any atom is 0.317 e. The van der Waals surface area contributed by atoms with Crippen molar-refractivity contribution >= 4 is 6.03 Å². The van der Waals surface area contributed by atoms with Crippen LogP contribution in [0.4, 0.5) is 4.79 Å². The number of likely N-dealkylation sites (tertiary alicyclic amines) is 1. The molecule has 0 aliphatic carbocycles. The summed E-state index contributed by atoms with van der Waals surface area (Å²) in [5.74, 6) is 1.29. The second-order valence-corrected chi connectivity index (χ2v) is 5.54. The Bertz CT molecular complexity index is 663. The summed E-state index contributed by atoms with van der Waals surface area (Å²) in [5, 5.41) is 10.6. The molecule has 1 unspecified atom stereocenters. The minimum Gasteiger partial charge on any atom is -0.497 e. The van der Waals surface area contributed by atoms with Crippen molar-refractivity contribution < 1.29 is 14.3 Å². The van der Waals surface area contributed by atoms with Gasteiger partial charge >= 0.3 is 6.03 Å². The van der Waals surface area contributed by atoms with Gasteiger partial charge in [0.15, 0.2) is 0 Å². The van der Waals surface area contributed by atoms with E-state index in [1.54, 1.807) is 30.3 Å². The van der Waals surface area contributed by atoms with Gasteiger partial charge in [-0.3, -0.25) is 0 Å². The lowest BCUT2D eigenvalue weighted by Gasteiger charge is -2.17. The molecule has 24 heavy (non-hydrogen) atoms. The summed E-state index contributed by atoms with van der Waals surface area (Å²) in [5.41, 5.74) is 1.02. The first-order valence-electron chi connectivity index (χ1n) is 7.84. The molecule has 2 aromatic rings. The highest BCUT2D eigenvalue weighted by molar-refractivity contribution is 5.74. The lowest BCUT2D eigenvalue weighted by atomic mass is 10.2. The van der Waals surface area contributed by atoms with Gasteiger partial charge in [0, 0.05) is 31.8 Å². The summed E-state index contributed by atoms with van der Waals surface area (Å²) in [7, 11) is 1.63. The van der Waals surface area contributed by atoms with E-state index >= 15 is 0 Å². The summed E-state index contributed by atoms with van der Waals surface area (Å²) >= 11 is 0. The fraction of sp³-hybridized carbons (Fsp3) is 0.353. The minimum absolute atomic E-state index is 0.0477. The molecule has 0 saturated carbocycles. The van der Waals surface area contributed by atoms with E-state index in [0.29, 0.717) is 25.5 Å². The quantitative estimate of drug-likeness (QED) is 0.906. The summed E-state index contributed by atoms with van der Waals surface area (Å²) in [6.07, 6.45) is 2.33. The predicted octanol–water partition coefficient (Wildman–Crippen LogP) is 1.85. The van der Waals surface area contributed by atoms with E-state index in [-0.39, 0.29) is 12.1 Å². The first kappa shape index (κ1) is 16.0. The largest absolute Gasteiger partial charge is 0.497 e. The summed E-state index contributed by atoms with van der Waals surface area (Å²) < 4.78 is 10.9. The molecule has 0 bridgehead atoms. The second kappa shape index (κ2) is 7.63. The molecule has 1 aliphatic rings. The number of benzene rings is 1. The van der Waals surface area contributed by atoms with E-state index in [4.69, 9.17) is 9.47 Å². The number of aromatic nitrogens is 2. The molecule has 1 saturated heterocycles. The zero-order chi connectivity index (χ0) is 16.8. The molecule has 7 nitrogen and oxygen atoms in total. The van der Waals surface area contributed by atoms with Crippen LogP contribution in [0.3, 0.4) is 0 Å². The molecule has 2 amide bonds. The maximum atomic E-state index is 12.2. The first-order valence-corrected chi connectivity index (χ1v) is 7.84. The Hall–Kier alpha value is -2.83. The number of nitrogens with one attached hydrogen (secondary N) is 1. The summed E-state index contributed by atoms with van der Waals surface area (Å²) in [4.78, 5) is 14.0. The average Bonchev–Trinajstić information content (AvgIpc) is 3.09. The van der Waals surface area contributed by atoms with Gasteiger partial charge in [-0.25, -0.2) is 4.79 Å². The fourth-order valence-corrected chi connectivity index (χ4v) is 2.56. The summed E-state index contributed by atoms with van der Waals surface area (Å²) in [6.45, 7) is 1.69. The van der Waals surface area contributed by atoms with E-state index in [2.05, 4.69) is 15.5 Å². The van der Waals surface area contributed by atoms with Gasteiger partial charge in [-0.05, 0) is 23.8 Å². The van der Waals surface area contributed by atoms with Crippen LogP contribution in [0, 0.1) is 0 Å². The Balaban J connectivity index is 1.45. The van der Waals surface area contributed by atoms with Gasteiger partial charge in [0.1, 0.15) is 11.9 Å². The highest BCUT2D eigenvalue weighted by Gasteiger charge is 2.27. The molecule has 1 aliphatic heterocycles. The Labute approximate surface area is 140 Å². The van der Waals surface area contributed by atoms with Crippen LogP contribution in [0.1, 0.15) is 12.0 Å². The number of rotatable bonds is 5. The van der Waals surface area contributed by atoms with Crippen molar-refractivity contribution in [2.75, 3.05) is 20.2 Å². The van der Waals surface area contributed by atoms with Crippen LogP contribution < -0.4 is 14.8 Å². The van der Waals surface area contributed by atoms with Crippen LogP contribution in [0.25, 0.3) is 0 Å². The van der Waals surface area contributed by atoms with Crippen LogP contribution >= 0.6 is 0 Å². The normalized spacial score (nSPS) is 16.7. The topological polar surface area (TPSA) is 76.6 Å². The molecule has 0 spiro atoms.